The molecule has 2 aromatic carbocycles. The third-order valence-electron chi connectivity index (χ3n) is 3.16. The fourth-order valence-electron chi connectivity index (χ4n) is 2.18. The van der Waals surface area contributed by atoms with Gasteiger partial charge in [-0.05, 0) is 23.8 Å². The second-order valence-corrected chi connectivity index (χ2v) is 7.39. The molecule has 0 bridgehead atoms. The summed E-state index contributed by atoms with van der Waals surface area (Å²) >= 11 is 0. The monoisotopic (exact) mass is 462 g/mol. The molecule has 0 unspecified atom stereocenters. The topological polar surface area (TPSA) is 150 Å². The van der Waals surface area contributed by atoms with E-state index in [2.05, 4.69) is 15.4 Å². The van der Waals surface area contributed by atoms with E-state index in [-0.39, 0.29) is 43.9 Å². The molecule has 0 aliphatic rings. The van der Waals surface area contributed by atoms with Crippen LogP contribution in [0.15, 0.2) is 46.2 Å². The third-order valence-corrected chi connectivity index (χ3v) is 4.96. The van der Waals surface area contributed by atoms with Crippen molar-refractivity contribution in [2.45, 2.75) is 9.79 Å². The Hall–Kier alpha value is -1.60. The normalized spacial score (nSPS) is 12.1. The molecule has 1 aromatic heterocycles. The van der Waals surface area contributed by atoms with Crippen LogP contribution in [0.2, 0.25) is 0 Å². The summed E-state index contributed by atoms with van der Waals surface area (Å²) in [6.07, 6.45) is 0. The number of H-pyrrole nitrogens is 1. The minimum atomic E-state index is -4.61. The summed E-state index contributed by atoms with van der Waals surface area (Å²) in [5, 5.41) is 9.74. The van der Waals surface area contributed by atoms with Crippen LogP contribution < -0.4 is 0 Å². The molecule has 24 heavy (non-hydrogen) atoms. The number of fused-ring (bicyclic) bond motifs is 1. The molecule has 0 aliphatic heterocycles. The van der Waals surface area contributed by atoms with Crippen LogP contribution in [0, 0.1) is 0 Å². The molecular weight excluding hydrogens is 454 g/mol. The number of aromatic nitrogens is 3. The van der Waals surface area contributed by atoms with Gasteiger partial charge in [0.25, 0.3) is 20.2 Å². The van der Waals surface area contributed by atoms with Crippen LogP contribution in [0.4, 0.5) is 0 Å². The van der Waals surface area contributed by atoms with Crippen molar-refractivity contribution in [3.63, 3.8) is 0 Å². The van der Waals surface area contributed by atoms with Gasteiger partial charge in [0.05, 0.1) is 4.90 Å². The van der Waals surface area contributed by atoms with Gasteiger partial charge in [0.1, 0.15) is 15.9 Å². The van der Waals surface area contributed by atoms with Gasteiger partial charge in [0.2, 0.25) is 0 Å². The molecule has 1 heterocycles. The van der Waals surface area contributed by atoms with Gasteiger partial charge in [-0.1, -0.05) is 18.2 Å². The van der Waals surface area contributed by atoms with Crippen LogP contribution in [-0.2, 0) is 42.6 Å². The Morgan fingerprint density at radius 2 is 1.46 bits per heavy atom. The molecule has 9 nitrogen and oxygen atoms in total. The van der Waals surface area contributed by atoms with Crippen molar-refractivity contribution >= 4 is 31.3 Å². The zero-order valence-electron chi connectivity index (χ0n) is 11.5. The van der Waals surface area contributed by atoms with Crippen LogP contribution in [0.5, 0.6) is 0 Å². The summed E-state index contributed by atoms with van der Waals surface area (Å²) in [7, 11) is -8.97. The maximum Gasteiger partial charge on any atom is 0.297 e. The molecule has 0 amide bonds. The first-order chi connectivity index (χ1) is 10.7. The van der Waals surface area contributed by atoms with Crippen LogP contribution in [0.25, 0.3) is 22.2 Å². The van der Waals surface area contributed by atoms with E-state index in [1.165, 1.54) is 24.3 Å². The Balaban J connectivity index is 0.00000208. The van der Waals surface area contributed by atoms with Gasteiger partial charge in [-0.3, -0.25) is 9.11 Å². The van der Waals surface area contributed by atoms with E-state index >= 15 is 0 Å². The third kappa shape index (κ3) is 3.42. The molecular formula is C12H9AgN3O6S2. The first-order valence-electron chi connectivity index (χ1n) is 6.07. The number of hydrogen-bond donors (Lipinski definition) is 3. The number of hydrogen-bond acceptors (Lipinski definition) is 6. The predicted molar refractivity (Wildman–Crippen MR) is 79.0 cm³/mol. The second kappa shape index (κ2) is 6.37. The van der Waals surface area contributed by atoms with Gasteiger partial charge in [-0.15, -0.1) is 0 Å². The van der Waals surface area contributed by atoms with E-state index in [0.717, 1.165) is 12.1 Å². The summed E-state index contributed by atoms with van der Waals surface area (Å²) in [5.41, 5.74) is 0.644. The molecule has 0 aliphatic carbocycles. The van der Waals surface area contributed by atoms with Crippen molar-refractivity contribution in [3.05, 3.63) is 36.4 Å². The molecule has 0 atom stereocenters. The van der Waals surface area contributed by atoms with Crippen LogP contribution >= 0.6 is 0 Å². The zero-order valence-corrected chi connectivity index (χ0v) is 14.6. The average Bonchev–Trinajstić information content (AvgIpc) is 2.92. The predicted octanol–water partition coefficient (Wildman–Crippen LogP) is 1.12. The average molecular weight is 463 g/mol. The molecule has 3 N–H and O–H groups in total. The summed E-state index contributed by atoms with van der Waals surface area (Å²) < 4.78 is 63.9. The van der Waals surface area contributed by atoms with Crippen molar-refractivity contribution in [1.82, 2.24) is 15.4 Å². The second-order valence-electron chi connectivity index (χ2n) is 4.61. The Labute approximate surface area is 152 Å². The number of nitrogens with zero attached hydrogens (tertiary/aromatic N) is 2. The van der Waals surface area contributed by atoms with E-state index in [1.54, 1.807) is 0 Å². The Bertz CT molecular complexity index is 1110. The molecule has 0 saturated carbocycles. The smallest absolute Gasteiger partial charge is 0.282 e. The summed E-state index contributed by atoms with van der Waals surface area (Å²) in [6.45, 7) is 0. The Morgan fingerprint density at radius 3 is 2.00 bits per heavy atom. The van der Waals surface area contributed by atoms with Crippen LogP contribution in [-0.4, -0.2) is 41.4 Å². The van der Waals surface area contributed by atoms with Crippen LogP contribution in [0.3, 0.4) is 0 Å². The van der Waals surface area contributed by atoms with Gasteiger partial charge in [-0.2, -0.15) is 32.2 Å². The van der Waals surface area contributed by atoms with Crippen molar-refractivity contribution in [2.24, 2.45) is 0 Å². The van der Waals surface area contributed by atoms with Crippen molar-refractivity contribution in [3.8, 4) is 11.1 Å². The van der Waals surface area contributed by atoms with E-state index in [0.29, 0.717) is 5.56 Å². The number of nitrogens with one attached hydrogen (secondary N) is 1. The molecule has 0 saturated heterocycles. The maximum absolute atomic E-state index is 11.7. The largest absolute Gasteiger partial charge is 0.297 e. The van der Waals surface area contributed by atoms with Crippen molar-refractivity contribution in [2.75, 3.05) is 0 Å². The van der Waals surface area contributed by atoms with E-state index in [4.69, 9.17) is 4.55 Å². The van der Waals surface area contributed by atoms with E-state index < -0.39 is 25.1 Å². The number of aromatic amines is 1. The zero-order chi connectivity index (χ0) is 16.8. The van der Waals surface area contributed by atoms with Crippen molar-refractivity contribution in [1.29, 1.82) is 0 Å². The molecule has 3 rings (SSSR count). The minimum Gasteiger partial charge on any atom is -0.282 e. The van der Waals surface area contributed by atoms with E-state index in [9.17, 15) is 21.4 Å². The first kappa shape index (κ1) is 18.7. The van der Waals surface area contributed by atoms with Gasteiger partial charge in [-0.25, -0.2) is 0 Å². The number of rotatable bonds is 3. The molecule has 0 fully saturated rings. The van der Waals surface area contributed by atoms with E-state index in [1.807, 2.05) is 0 Å². The molecule has 0 spiro atoms. The molecule has 1 radical (unpaired) electrons. The van der Waals surface area contributed by atoms with Gasteiger partial charge in [0.15, 0.2) is 0 Å². The number of benzene rings is 2. The molecule has 3 aromatic rings. The van der Waals surface area contributed by atoms with Gasteiger partial charge < -0.3 is 0 Å². The summed E-state index contributed by atoms with van der Waals surface area (Å²) in [6, 6.07) is 7.75. The van der Waals surface area contributed by atoms with Gasteiger partial charge >= 0.3 is 0 Å². The SMILES string of the molecule is O=S(=O)(O)c1ccc(-c2ccc3n[nH]nc3c2S(=O)(=O)O)cc1.[Ag]. The fourth-order valence-corrected chi connectivity index (χ4v) is 3.52. The Morgan fingerprint density at radius 1 is 0.833 bits per heavy atom. The minimum absolute atomic E-state index is 0. The Kier molecular flexibility index (Phi) is 4.97. The maximum atomic E-state index is 11.7. The summed E-state index contributed by atoms with van der Waals surface area (Å²) in [4.78, 5) is -0.777. The van der Waals surface area contributed by atoms with Crippen LogP contribution in [0.1, 0.15) is 0 Å². The molecule has 131 valence electrons. The summed E-state index contributed by atoms with van der Waals surface area (Å²) in [5.74, 6) is 0. The van der Waals surface area contributed by atoms with Crippen molar-refractivity contribution < 1.29 is 48.3 Å². The fraction of sp³-hybridized carbons (Fsp3) is 0. The quantitative estimate of drug-likeness (QED) is 0.386. The van der Waals surface area contributed by atoms with Gasteiger partial charge in [0, 0.05) is 27.9 Å². The first-order valence-corrected chi connectivity index (χ1v) is 8.95. The standard InChI is InChI=1S/C12H9N3O6S2.Ag/c16-22(17,18)8-3-1-7(2-4-8)9-5-6-10-11(14-15-13-10)12(9)23(19,20)21;/h1-6H,(H,13,14,15)(H,16,17,18)(H,19,20,21);. The molecule has 12 heteroatoms.